The molecule has 0 aliphatic heterocycles. The van der Waals surface area contributed by atoms with Gasteiger partial charge in [-0.2, -0.15) is 0 Å². The molecule has 86 valence electrons. The highest BCUT2D eigenvalue weighted by Crippen LogP contribution is 2.29. The molecule has 0 radical (unpaired) electrons. The van der Waals surface area contributed by atoms with Crippen molar-refractivity contribution < 1.29 is 0 Å². The molecule has 0 heterocycles. The van der Waals surface area contributed by atoms with E-state index in [4.69, 9.17) is 0 Å². The van der Waals surface area contributed by atoms with E-state index in [2.05, 4.69) is 60.3 Å². The van der Waals surface area contributed by atoms with Crippen molar-refractivity contribution in [2.75, 3.05) is 0 Å². The summed E-state index contributed by atoms with van der Waals surface area (Å²) in [5.74, 6) is 0. The Morgan fingerprint density at radius 1 is 0.938 bits per heavy atom. The van der Waals surface area contributed by atoms with Crippen molar-refractivity contribution in [2.45, 2.75) is 41.5 Å². The standard InChI is InChI=1S/C16H22/c1-10(2)13(5)15(7)16-12(4)9-8-11(3)14(16)6/h8-9H,1H2,2-7H3/b15-13+. The average Bonchev–Trinajstić information content (AvgIpc) is 2.22. The maximum Gasteiger partial charge on any atom is -0.0163 e. The van der Waals surface area contributed by atoms with E-state index in [0.717, 1.165) is 5.57 Å². The van der Waals surface area contributed by atoms with Crippen LogP contribution >= 0.6 is 0 Å². The minimum Gasteiger partial charge on any atom is -0.0958 e. The normalized spacial score (nSPS) is 12.4. The van der Waals surface area contributed by atoms with Gasteiger partial charge in [-0.1, -0.05) is 24.3 Å². The zero-order valence-corrected chi connectivity index (χ0v) is 11.4. The van der Waals surface area contributed by atoms with Crippen molar-refractivity contribution >= 4 is 5.57 Å². The first-order valence-electron chi connectivity index (χ1n) is 5.76. The van der Waals surface area contributed by atoms with Gasteiger partial charge in [0.15, 0.2) is 0 Å². The van der Waals surface area contributed by atoms with Crippen molar-refractivity contribution in [3.63, 3.8) is 0 Å². The van der Waals surface area contributed by atoms with Crippen molar-refractivity contribution in [3.8, 4) is 0 Å². The molecule has 0 heteroatoms. The fourth-order valence-corrected chi connectivity index (χ4v) is 2.04. The Hall–Kier alpha value is -1.30. The van der Waals surface area contributed by atoms with Crippen LogP contribution in [0, 0.1) is 20.8 Å². The quantitative estimate of drug-likeness (QED) is 0.609. The molecule has 0 nitrogen and oxygen atoms in total. The molecule has 0 atom stereocenters. The van der Waals surface area contributed by atoms with E-state index < -0.39 is 0 Å². The van der Waals surface area contributed by atoms with Crippen LogP contribution in [0.15, 0.2) is 29.9 Å². The summed E-state index contributed by atoms with van der Waals surface area (Å²) in [6, 6.07) is 4.39. The van der Waals surface area contributed by atoms with Gasteiger partial charge in [0.05, 0.1) is 0 Å². The van der Waals surface area contributed by atoms with E-state index in [1.54, 1.807) is 0 Å². The van der Waals surface area contributed by atoms with Crippen LogP contribution in [0.4, 0.5) is 0 Å². The topological polar surface area (TPSA) is 0 Å². The third kappa shape index (κ3) is 2.27. The van der Waals surface area contributed by atoms with Crippen LogP contribution < -0.4 is 0 Å². The first-order chi connectivity index (χ1) is 7.36. The van der Waals surface area contributed by atoms with Gasteiger partial charge in [-0.25, -0.2) is 0 Å². The molecule has 0 fully saturated rings. The molecule has 0 saturated heterocycles. The highest BCUT2D eigenvalue weighted by molar-refractivity contribution is 5.74. The Kier molecular flexibility index (Phi) is 3.74. The van der Waals surface area contributed by atoms with Gasteiger partial charge < -0.3 is 0 Å². The third-order valence-electron chi connectivity index (χ3n) is 3.52. The Bertz CT molecular complexity index is 459. The van der Waals surface area contributed by atoms with E-state index in [1.807, 2.05) is 0 Å². The summed E-state index contributed by atoms with van der Waals surface area (Å²) in [7, 11) is 0. The number of benzene rings is 1. The summed E-state index contributed by atoms with van der Waals surface area (Å²) >= 11 is 0. The zero-order valence-electron chi connectivity index (χ0n) is 11.4. The molecule has 0 N–H and O–H groups in total. The van der Waals surface area contributed by atoms with Crippen LogP contribution in [0.5, 0.6) is 0 Å². The maximum atomic E-state index is 4.03. The van der Waals surface area contributed by atoms with Gasteiger partial charge in [-0.15, -0.1) is 0 Å². The second kappa shape index (κ2) is 4.69. The van der Waals surface area contributed by atoms with Gasteiger partial charge in [0.2, 0.25) is 0 Å². The van der Waals surface area contributed by atoms with Gasteiger partial charge in [-0.3, -0.25) is 0 Å². The summed E-state index contributed by atoms with van der Waals surface area (Å²) in [4.78, 5) is 0. The molecule has 0 aromatic heterocycles. The molecular formula is C16H22. The molecule has 1 aromatic carbocycles. The Morgan fingerprint density at radius 2 is 1.44 bits per heavy atom. The highest BCUT2D eigenvalue weighted by Gasteiger charge is 2.09. The van der Waals surface area contributed by atoms with Crippen LogP contribution in [-0.2, 0) is 0 Å². The van der Waals surface area contributed by atoms with Crippen LogP contribution in [-0.4, -0.2) is 0 Å². The van der Waals surface area contributed by atoms with Gasteiger partial charge in [-0.05, 0) is 74.9 Å². The van der Waals surface area contributed by atoms with Crippen LogP contribution in [0.2, 0.25) is 0 Å². The molecular weight excluding hydrogens is 192 g/mol. The number of hydrogen-bond acceptors (Lipinski definition) is 0. The predicted octanol–water partition coefficient (Wildman–Crippen LogP) is 4.98. The van der Waals surface area contributed by atoms with Crippen molar-refractivity contribution in [1.29, 1.82) is 0 Å². The summed E-state index contributed by atoms with van der Waals surface area (Å²) in [5, 5.41) is 0. The minimum atomic E-state index is 1.15. The summed E-state index contributed by atoms with van der Waals surface area (Å²) in [5.41, 5.74) is 9.29. The Balaban J connectivity index is 3.51. The van der Waals surface area contributed by atoms with Crippen LogP contribution in [0.25, 0.3) is 5.57 Å². The predicted molar refractivity (Wildman–Crippen MR) is 73.7 cm³/mol. The van der Waals surface area contributed by atoms with E-state index in [1.165, 1.54) is 33.4 Å². The average molecular weight is 214 g/mol. The molecule has 0 saturated carbocycles. The SMILES string of the molecule is C=C(C)/C(C)=C(\C)c1c(C)ccc(C)c1C. The summed E-state index contributed by atoms with van der Waals surface area (Å²) < 4.78 is 0. The lowest BCUT2D eigenvalue weighted by Gasteiger charge is -2.15. The number of rotatable bonds is 2. The molecule has 1 rings (SSSR count). The summed E-state index contributed by atoms with van der Waals surface area (Å²) in [6.45, 7) is 17.0. The number of hydrogen-bond donors (Lipinski definition) is 0. The van der Waals surface area contributed by atoms with E-state index in [9.17, 15) is 0 Å². The molecule has 0 amide bonds. The molecule has 0 aliphatic rings. The third-order valence-corrected chi connectivity index (χ3v) is 3.52. The molecule has 0 aliphatic carbocycles. The maximum absolute atomic E-state index is 4.03. The van der Waals surface area contributed by atoms with Gasteiger partial charge in [0.25, 0.3) is 0 Å². The van der Waals surface area contributed by atoms with Crippen LogP contribution in [0.1, 0.15) is 43.0 Å². The van der Waals surface area contributed by atoms with Crippen molar-refractivity contribution in [2.24, 2.45) is 0 Å². The highest BCUT2D eigenvalue weighted by atomic mass is 14.1. The first kappa shape index (κ1) is 12.8. The molecule has 0 spiro atoms. The molecule has 16 heavy (non-hydrogen) atoms. The van der Waals surface area contributed by atoms with Gasteiger partial charge >= 0.3 is 0 Å². The lowest BCUT2D eigenvalue weighted by molar-refractivity contribution is 1.24. The fraction of sp³-hybridized carbons (Fsp3) is 0.375. The smallest absolute Gasteiger partial charge is 0.0163 e. The Morgan fingerprint density at radius 3 is 1.94 bits per heavy atom. The van der Waals surface area contributed by atoms with Crippen LogP contribution in [0.3, 0.4) is 0 Å². The second-order valence-electron chi connectivity index (χ2n) is 4.73. The zero-order chi connectivity index (χ0) is 12.5. The molecule has 0 unspecified atom stereocenters. The molecule has 1 aromatic rings. The first-order valence-corrected chi connectivity index (χ1v) is 5.76. The number of aryl methyl sites for hydroxylation is 2. The largest absolute Gasteiger partial charge is 0.0958 e. The fourth-order valence-electron chi connectivity index (χ4n) is 2.04. The van der Waals surface area contributed by atoms with E-state index in [0.29, 0.717) is 0 Å². The molecule has 0 bridgehead atoms. The van der Waals surface area contributed by atoms with E-state index in [-0.39, 0.29) is 0 Å². The second-order valence-corrected chi connectivity index (χ2v) is 4.73. The van der Waals surface area contributed by atoms with Crippen molar-refractivity contribution in [3.05, 3.63) is 52.1 Å². The van der Waals surface area contributed by atoms with E-state index >= 15 is 0 Å². The van der Waals surface area contributed by atoms with Crippen molar-refractivity contribution in [1.82, 2.24) is 0 Å². The summed E-state index contributed by atoms with van der Waals surface area (Å²) in [6.07, 6.45) is 0. The minimum absolute atomic E-state index is 1.15. The Labute approximate surface area is 99.7 Å². The van der Waals surface area contributed by atoms with Gasteiger partial charge in [0.1, 0.15) is 0 Å². The van der Waals surface area contributed by atoms with Gasteiger partial charge in [0, 0.05) is 0 Å². The lowest BCUT2D eigenvalue weighted by atomic mass is 9.90. The number of allylic oxidation sites excluding steroid dienone is 3. The lowest BCUT2D eigenvalue weighted by Crippen LogP contribution is -1.96. The monoisotopic (exact) mass is 214 g/mol.